The standard InChI is InChI=1S/C17H25N3/c1-5-18-16(11-14-12-19-20(4)13-14)17(2,3)15-9-7-6-8-10-15/h6-10,12-13,16,18H,5,11H2,1-4H3. The molecule has 0 bridgehead atoms. The zero-order valence-electron chi connectivity index (χ0n) is 12.9. The Morgan fingerprint density at radius 1 is 1.25 bits per heavy atom. The van der Waals surface area contributed by atoms with Crippen LogP contribution in [0.3, 0.4) is 0 Å². The zero-order chi connectivity index (χ0) is 14.6. The summed E-state index contributed by atoms with van der Waals surface area (Å²) in [6, 6.07) is 11.1. The molecule has 20 heavy (non-hydrogen) atoms. The van der Waals surface area contributed by atoms with Crippen LogP contribution in [0.25, 0.3) is 0 Å². The van der Waals surface area contributed by atoms with E-state index in [0.29, 0.717) is 6.04 Å². The minimum Gasteiger partial charge on any atom is -0.313 e. The highest BCUT2D eigenvalue weighted by Gasteiger charge is 2.30. The normalized spacial score (nSPS) is 13.4. The summed E-state index contributed by atoms with van der Waals surface area (Å²) < 4.78 is 1.87. The average Bonchev–Trinajstić information content (AvgIpc) is 2.85. The molecule has 1 atom stereocenters. The van der Waals surface area contributed by atoms with Crippen LogP contribution in [-0.2, 0) is 18.9 Å². The van der Waals surface area contributed by atoms with Crippen molar-refractivity contribution in [3.63, 3.8) is 0 Å². The Bertz CT molecular complexity index is 528. The molecule has 108 valence electrons. The number of nitrogens with zero attached hydrogens (tertiary/aromatic N) is 2. The SMILES string of the molecule is CCNC(Cc1cnn(C)c1)C(C)(C)c1ccccc1. The second kappa shape index (κ2) is 6.23. The lowest BCUT2D eigenvalue weighted by Gasteiger charge is -2.35. The van der Waals surface area contributed by atoms with Gasteiger partial charge < -0.3 is 5.32 Å². The Morgan fingerprint density at radius 2 is 1.95 bits per heavy atom. The molecule has 3 nitrogen and oxygen atoms in total. The van der Waals surface area contributed by atoms with Crippen molar-refractivity contribution in [3.8, 4) is 0 Å². The summed E-state index contributed by atoms with van der Waals surface area (Å²) in [6.07, 6.45) is 5.06. The van der Waals surface area contributed by atoms with Crippen LogP contribution < -0.4 is 5.32 Å². The fraction of sp³-hybridized carbons (Fsp3) is 0.471. The molecule has 0 saturated carbocycles. The molecule has 0 fully saturated rings. The molecule has 1 N–H and O–H groups in total. The highest BCUT2D eigenvalue weighted by atomic mass is 15.2. The van der Waals surface area contributed by atoms with Crippen LogP contribution in [-0.4, -0.2) is 22.4 Å². The summed E-state index contributed by atoms with van der Waals surface area (Å²) >= 11 is 0. The number of hydrogen-bond acceptors (Lipinski definition) is 2. The van der Waals surface area contributed by atoms with Gasteiger partial charge in [-0.25, -0.2) is 0 Å². The maximum Gasteiger partial charge on any atom is 0.0522 e. The fourth-order valence-electron chi connectivity index (χ4n) is 2.71. The molecule has 0 amide bonds. The summed E-state index contributed by atoms with van der Waals surface area (Å²) in [7, 11) is 1.97. The lowest BCUT2D eigenvalue weighted by atomic mass is 9.75. The van der Waals surface area contributed by atoms with Crippen molar-refractivity contribution in [2.45, 2.75) is 38.6 Å². The number of likely N-dealkylation sites (N-methyl/N-ethyl adjacent to an activating group) is 1. The summed E-state index contributed by atoms with van der Waals surface area (Å²) in [4.78, 5) is 0. The quantitative estimate of drug-likeness (QED) is 0.875. The summed E-state index contributed by atoms with van der Waals surface area (Å²) in [6.45, 7) is 7.76. The Morgan fingerprint density at radius 3 is 2.50 bits per heavy atom. The molecule has 0 saturated heterocycles. The third-order valence-corrected chi connectivity index (χ3v) is 4.04. The number of benzene rings is 1. The molecule has 1 aromatic heterocycles. The summed E-state index contributed by atoms with van der Waals surface area (Å²) in [5.74, 6) is 0. The second-order valence-corrected chi connectivity index (χ2v) is 5.92. The first-order chi connectivity index (χ1) is 9.54. The number of hydrogen-bond donors (Lipinski definition) is 1. The summed E-state index contributed by atoms with van der Waals surface area (Å²) in [5.41, 5.74) is 2.73. The molecule has 0 spiro atoms. The van der Waals surface area contributed by atoms with Crippen LogP contribution in [0.5, 0.6) is 0 Å². The van der Waals surface area contributed by atoms with E-state index < -0.39 is 0 Å². The van der Waals surface area contributed by atoms with Gasteiger partial charge in [0.05, 0.1) is 6.20 Å². The largest absolute Gasteiger partial charge is 0.313 e. The summed E-state index contributed by atoms with van der Waals surface area (Å²) in [5, 5.41) is 7.92. The third kappa shape index (κ3) is 3.28. The molecule has 2 aromatic rings. The molecular weight excluding hydrogens is 246 g/mol. The van der Waals surface area contributed by atoms with Gasteiger partial charge in [0, 0.05) is 24.7 Å². The molecular formula is C17H25N3. The second-order valence-electron chi connectivity index (χ2n) is 5.92. The molecule has 1 unspecified atom stereocenters. The number of rotatable bonds is 6. The van der Waals surface area contributed by atoms with Crippen LogP contribution in [0.2, 0.25) is 0 Å². The predicted octanol–water partition coefficient (Wildman–Crippen LogP) is 2.92. The van der Waals surface area contributed by atoms with Gasteiger partial charge in [0.2, 0.25) is 0 Å². The number of aromatic nitrogens is 2. The Hall–Kier alpha value is -1.61. The van der Waals surface area contributed by atoms with Crippen LogP contribution in [0.4, 0.5) is 0 Å². The van der Waals surface area contributed by atoms with Gasteiger partial charge in [0.1, 0.15) is 0 Å². The van der Waals surface area contributed by atoms with Crippen LogP contribution in [0, 0.1) is 0 Å². The van der Waals surface area contributed by atoms with E-state index in [1.165, 1.54) is 11.1 Å². The molecule has 2 rings (SSSR count). The van der Waals surface area contributed by atoms with Crippen LogP contribution in [0.15, 0.2) is 42.7 Å². The lowest BCUT2D eigenvalue weighted by Crippen LogP contribution is -2.46. The van der Waals surface area contributed by atoms with Gasteiger partial charge in [-0.05, 0) is 24.1 Å². The highest BCUT2D eigenvalue weighted by molar-refractivity contribution is 5.27. The van der Waals surface area contributed by atoms with Gasteiger partial charge in [0.15, 0.2) is 0 Å². The first-order valence-corrected chi connectivity index (χ1v) is 7.30. The first kappa shape index (κ1) is 14.8. The van der Waals surface area contributed by atoms with Crippen LogP contribution in [0.1, 0.15) is 31.9 Å². The maximum absolute atomic E-state index is 4.27. The number of nitrogens with one attached hydrogen (secondary N) is 1. The van der Waals surface area contributed by atoms with Crippen molar-refractivity contribution in [2.75, 3.05) is 6.54 Å². The van der Waals surface area contributed by atoms with E-state index in [1.54, 1.807) is 0 Å². The Kier molecular flexibility index (Phi) is 4.61. The van der Waals surface area contributed by atoms with Crippen molar-refractivity contribution in [3.05, 3.63) is 53.9 Å². The zero-order valence-corrected chi connectivity index (χ0v) is 12.9. The van der Waals surface area contributed by atoms with E-state index in [-0.39, 0.29) is 5.41 Å². The smallest absolute Gasteiger partial charge is 0.0522 e. The molecule has 1 heterocycles. The molecule has 0 aliphatic carbocycles. The van der Waals surface area contributed by atoms with E-state index >= 15 is 0 Å². The van der Waals surface area contributed by atoms with Gasteiger partial charge >= 0.3 is 0 Å². The van der Waals surface area contributed by atoms with Gasteiger partial charge in [-0.3, -0.25) is 4.68 Å². The van der Waals surface area contributed by atoms with E-state index in [9.17, 15) is 0 Å². The topological polar surface area (TPSA) is 29.9 Å². The van der Waals surface area contributed by atoms with Gasteiger partial charge in [-0.1, -0.05) is 51.1 Å². The van der Waals surface area contributed by atoms with E-state index in [2.05, 4.69) is 67.7 Å². The van der Waals surface area contributed by atoms with Gasteiger partial charge in [0.25, 0.3) is 0 Å². The van der Waals surface area contributed by atoms with Crippen LogP contribution >= 0.6 is 0 Å². The minimum atomic E-state index is 0.0765. The molecule has 0 aliphatic rings. The fourth-order valence-corrected chi connectivity index (χ4v) is 2.71. The lowest BCUT2D eigenvalue weighted by molar-refractivity contribution is 0.343. The molecule has 1 aromatic carbocycles. The average molecular weight is 271 g/mol. The van der Waals surface area contributed by atoms with Crippen molar-refractivity contribution in [1.29, 1.82) is 0 Å². The number of aryl methyl sites for hydroxylation is 1. The van der Waals surface area contributed by atoms with E-state index in [0.717, 1.165) is 13.0 Å². The molecule has 0 radical (unpaired) electrons. The predicted molar refractivity (Wildman–Crippen MR) is 83.8 cm³/mol. The molecule has 0 aliphatic heterocycles. The Balaban J connectivity index is 2.23. The van der Waals surface area contributed by atoms with Crippen molar-refractivity contribution >= 4 is 0 Å². The highest BCUT2D eigenvalue weighted by Crippen LogP contribution is 2.29. The van der Waals surface area contributed by atoms with E-state index in [1.807, 2.05) is 17.9 Å². The minimum absolute atomic E-state index is 0.0765. The maximum atomic E-state index is 4.27. The van der Waals surface area contributed by atoms with Crippen molar-refractivity contribution < 1.29 is 0 Å². The van der Waals surface area contributed by atoms with Crippen molar-refractivity contribution in [2.24, 2.45) is 7.05 Å². The Labute approximate surface area is 122 Å². The monoisotopic (exact) mass is 271 g/mol. The van der Waals surface area contributed by atoms with Gasteiger partial charge in [-0.15, -0.1) is 0 Å². The molecule has 3 heteroatoms. The van der Waals surface area contributed by atoms with E-state index in [4.69, 9.17) is 0 Å². The first-order valence-electron chi connectivity index (χ1n) is 7.30. The van der Waals surface area contributed by atoms with Gasteiger partial charge in [-0.2, -0.15) is 5.10 Å². The van der Waals surface area contributed by atoms with Crippen molar-refractivity contribution in [1.82, 2.24) is 15.1 Å². The third-order valence-electron chi connectivity index (χ3n) is 4.04.